The Bertz CT molecular complexity index is 317. The van der Waals surface area contributed by atoms with Crippen molar-refractivity contribution in [3.8, 4) is 0 Å². The Morgan fingerprint density at radius 1 is 1.20 bits per heavy atom. The van der Waals surface area contributed by atoms with Crippen molar-refractivity contribution in [1.29, 1.82) is 0 Å². The molecule has 1 aromatic carbocycles. The molecule has 0 unspecified atom stereocenters. The van der Waals surface area contributed by atoms with Gasteiger partial charge in [0.15, 0.2) is 0 Å². The first-order valence-corrected chi connectivity index (χ1v) is 6.16. The van der Waals surface area contributed by atoms with E-state index < -0.39 is 0 Å². The Morgan fingerprint density at radius 2 is 1.87 bits per heavy atom. The van der Waals surface area contributed by atoms with Crippen molar-refractivity contribution in [2.45, 2.75) is 19.4 Å². The molecule has 15 heavy (non-hydrogen) atoms. The van der Waals surface area contributed by atoms with Gasteiger partial charge >= 0.3 is 0 Å². The second-order valence-electron chi connectivity index (χ2n) is 4.36. The Balaban J connectivity index is 1.76. The maximum atomic E-state index is 5.90. The van der Waals surface area contributed by atoms with Crippen molar-refractivity contribution in [2.24, 2.45) is 5.41 Å². The van der Waals surface area contributed by atoms with Crippen LogP contribution in [0.2, 0.25) is 5.02 Å². The van der Waals surface area contributed by atoms with Gasteiger partial charge in [-0.25, -0.2) is 0 Å². The van der Waals surface area contributed by atoms with Crippen LogP contribution in [0.4, 0.5) is 0 Å². The number of alkyl halides is 1. The van der Waals surface area contributed by atoms with Gasteiger partial charge in [-0.2, -0.15) is 0 Å². The number of benzene rings is 1. The molecule has 1 aliphatic carbocycles. The average molecular weight is 244 g/mol. The zero-order chi connectivity index (χ0) is 10.7. The van der Waals surface area contributed by atoms with E-state index in [1.54, 1.807) is 0 Å². The zero-order valence-electron chi connectivity index (χ0n) is 8.60. The summed E-state index contributed by atoms with van der Waals surface area (Å²) in [5.74, 6) is 0.778. The number of nitrogens with one attached hydrogen (secondary N) is 1. The highest BCUT2D eigenvalue weighted by Gasteiger charge is 2.40. The molecule has 2 rings (SSSR count). The minimum atomic E-state index is 0.397. The second kappa shape index (κ2) is 4.73. The van der Waals surface area contributed by atoms with Gasteiger partial charge in [0.1, 0.15) is 0 Å². The molecule has 1 N–H and O–H groups in total. The summed E-state index contributed by atoms with van der Waals surface area (Å²) in [7, 11) is 0. The lowest BCUT2D eigenvalue weighted by molar-refractivity contribution is 0.505. The standard InChI is InChI=1S/C12H15Cl2N/c13-8-12(5-6-12)9-15-7-10-1-3-11(14)4-2-10/h1-4,15H,5-9H2. The highest BCUT2D eigenvalue weighted by molar-refractivity contribution is 6.30. The van der Waals surface area contributed by atoms with E-state index in [-0.39, 0.29) is 0 Å². The van der Waals surface area contributed by atoms with Gasteiger partial charge in [-0.15, -0.1) is 11.6 Å². The van der Waals surface area contributed by atoms with Crippen molar-refractivity contribution in [3.63, 3.8) is 0 Å². The molecule has 1 aromatic rings. The van der Waals surface area contributed by atoms with Crippen LogP contribution in [-0.4, -0.2) is 12.4 Å². The maximum absolute atomic E-state index is 5.90. The van der Waals surface area contributed by atoms with Crippen molar-refractivity contribution in [2.75, 3.05) is 12.4 Å². The van der Waals surface area contributed by atoms with Crippen LogP contribution in [-0.2, 0) is 6.54 Å². The third kappa shape index (κ3) is 3.10. The van der Waals surface area contributed by atoms with E-state index in [1.807, 2.05) is 12.1 Å². The monoisotopic (exact) mass is 243 g/mol. The Morgan fingerprint density at radius 3 is 2.40 bits per heavy atom. The van der Waals surface area contributed by atoms with Crippen LogP contribution in [0.3, 0.4) is 0 Å². The van der Waals surface area contributed by atoms with Gasteiger partial charge in [0.2, 0.25) is 0 Å². The number of hydrogen-bond acceptors (Lipinski definition) is 1. The predicted molar refractivity (Wildman–Crippen MR) is 65.5 cm³/mol. The Labute approximate surface area is 101 Å². The van der Waals surface area contributed by atoms with Gasteiger partial charge in [-0.3, -0.25) is 0 Å². The van der Waals surface area contributed by atoms with E-state index in [0.717, 1.165) is 24.0 Å². The van der Waals surface area contributed by atoms with Crippen LogP contribution in [0.15, 0.2) is 24.3 Å². The third-order valence-electron chi connectivity index (χ3n) is 2.98. The van der Waals surface area contributed by atoms with Gasteiger partial charge in [0, 0.05) is 24.0 Å². The average Bonchev–Trinajstić information content (AvgIpc) is 3.02. The van der Waals surface area contributed by atoms with Gasteiger partial charge in [-0.05, 0) is 36.0 Å². The summed E-state index contributed by atoms with van der Waals surface area (Å²) in [6, 6.07) is 7.95. The first kappa shape index (κ1) is 11.3. The molecule has 0 aromatic heterocycles. The van der Waals surface area contributed by atoms with Crippen molar-refractivity contribution >= 4 is 23.2 Å². The highest BCUT2D eigenvalue weighted by Crippen LogP contribution is 2.45. The van der Waals surface area contributed by atoms with Crippen LogP contribution in [0.1, 0.15) is 18.4 Å². The summed E-state index contributed by atoms with van der Waals surface area (Å²) in [5, 5.41) is 4.24. The molecule has 0 saturated heterocycles. The van der Waals surface area contributed by atoms with Crippen molar-refractivity contribution in [3.05, 3.63) is 34.9 Å². The molecule has 0 spiro atoms. The van der Waals surface area contributed by atoms with E-state index in [2.05, 4.69) is 17.4 Å². The molecule has 82 valence electrons. The quantitative estimate of drug-likeness (QED) is 0.782. The van der Waals surface area contributed by atoms with Crippen LogP contribution in [0.5, 0.6) is 0 Å². The summed E-state index contributed by atoms with van der Waals surface area (Å²) in [6.45, 7) is 1.93. The predicted octanol–water partition coefficient (Wildman–Crippen LogP) is 3.45. The first-order chi connectivity index (χ1) is 7.24. The van der Waals surface area contributed by atoms with E-state index >= 15 is 0 Å². The topological polar surface area (TPSA) is 12.0 Å². The van der Waals surface area contributed by atoms with Crippen molar-refractivity contribution < 1.29 is 0 Å². The summed E-state index contributed by atoms with van der Waals surface area (Å²) >= 11 is 11.7. The molecular formula is C12H15Cl2N. The number of halogens is 2. The van der Waals surface area contributed by atoms with Crippen molar-refractivity contribution in [1.82, 2.24) is 5.32 Å². The van der Waals surface area contributed by atoms with Gasteiger partial charge < -0.3 is 5.32 Å². The molecule has 0 aliphatic heterocycles. The van der Waals surface area contributed by atoms with E-state index in [4.69, 9.17) is 23.2 Å². The summed E-state index contributed by atoms with van der Waals surface area (Å²) in [4.78, 5) is 0. The van der Waals surface area contributed by atoms with Crippen LogP contribution in [0.25, 0.3) is 0 Å². The smallest absolute Gasteiger partial charge is 0.0406 e. The second-order valence-corrected chi connectivity index (χ2v) is 5.07. The van der Waals surface area contributed by atoms with Gasteiger partial charge in [0.05, 0.1) is 0 Å². The first-order valence-electron chi connectivity index (χ1n) is 5.25. The molecule has 1 saturated carbocycles. The van der Waals surface area contributed by atoms with E-state index in [9.17, 15) is 0 Å². The molecule has 0 atom stereocenters. The highest BCUT2D eigenvalue weighted by atomic mass is 35.5. The lowest BCUT2D eigenvalue weighted by Crippen LogP contribution is -2.24. The maximum Gasteiger partial charge on any atom is 0.0406 e. The fourth-order valence-corrected chi connectivity index (χ4v) is 2.10. The molecule has 0 bridgehead atoms. The minimum Gasteiger partial charge on any atom is -0.312 e. The molecule has 0 heterocycles. The zero-order valence-corrected chi connectivity index (χ0v) is 10.1. The molecule has 3 heteroatoms. The summed E-state index contributed by atoms with van der Waals surface area (Å²) < 4.78 is 0. The number of hydrogen-bond donors (Lipinski definition) is 1. The fourth-order valence-electron chi connectivity index (χ4n) is 1.61. The van der Waals surface area contributed by atoms with Crippen LogP contribution < -0.4 is 5.32 Å². The summed E-state index contributed by atoms with van der Waals surface area (Å²) in [5.41, 5.74) is 1.67. The fraction of sp³-hybridized carbons (Fsp3) is 0.500. The Kier molecular flexibility index (Phi) is 3.55. The van der Waals surface area contributed by atoms with Crippen LogP contribution in [0, 0.1) is 5.41 Å². The SMILES string of the molecule is ClCC1(CNCc2ccc(Cl)cc2)CC1. The summed E-state index contributed by atoms with van der Waals surface area (Å²) in [6.07, 6.45) is 2.54. The van der Waals surface area contributed by atoms with Crippen LogP contribution >= 0.6 is 23.2 Å². The lowest BCUT2D eigenvalue weighted by Gasteiger charge is -2.12. The Hall–Kier alpha value is -0.240. The molecule has 1 nitrogen and oxygen atoms in total. The molecule has 1 fully saturated rings. The molecule has 1 aliphatic rings. The normalized spacial score (nSPS) is 17.7. The molecule has 0 amide bonds. The lowest BCUT2D eigenvalue weighted by atomic mass is 10.1. The third-order valence-corrected chi connectivity index (χ3v) is 3.80. The molecule has 0 radical (unpaired) electrons. The largest absolute Gasteiger partial charge is 0.312 e. The van der Waals surface area contributed by atoms with Gasteiger partial charge in [-0.1, -0.05) is 23.7 Å². The molecular weight excluding hydrogens is 229 g/mol. The van der Waals surface area contributed by atoms with Gasteiger partial charge in [0.25, 0.3) is 0 Å². The minimum absolute atomic E-state index is 0.397. The van der Waals surface area contributed by atoms with E-state index in [0.29, 0.717) is 5.41 Å². The van der Waals surface area contributed by atoms with E-state index in [1.165, 1.54) is 18.4 Å². The number of rotatable bonds is 5.